The summed E-state index contributed by atoms with van der Waals surface area (Å²) in [7, 11) is 0. The summed E-state index contributed by atoms with van der Waals surface area (Å²) in [4.78, 5) is 64.1. The van der Waals surface area contributed by atoms with Gasteiger partial charge in [0.05, 0.1) is 21.1 Å². The van der Waals surface area contributed by atoms with Crippen LogP contribution in [0.1, 0.15) is 39.8 Å². The van der Waals surface area contributed by atoms with Gasteiger partial charge in [-0.3, -0.25) is 18.7 Å². The molecule has 2 saturated heterocycles. The van der Waals surface area contributed by atoms with Crippen molar-refractivity contribution in [2.24, 2.45) is 0 Å². The number of carbonyl (C=O) groups is 2. The summed E-state index contributed by atoms with van der Waals surface area (Å²) in [6.07, 6.45) is 2.34. The van der Waals surface area contributed by atoms with Crippen LogP contribution in [0.25, 0.3) is 44.1 Å². The van der Waals surface area contributed by atoms with Gasteiger partial charge in [0.1, 0.15) is 34.9 Å². The highest BCUT2D eigenvalue weighted by molar-refractivity contribution is 8.00. The quantitative estimate of drug-likeness (QED) is 0.0974. The van der Waals surface area contributed by atoms with E-state index in [0.29, 0.717) is 85.3 Å². The summed E-state index contributed by atoms with van der Waals surface area (Å²) in [5.41, 5.74) is 1.96. The standard InChI is InChI=1S/C25H23ClF2N4O2S.C22H21ClF2N4OS.C3H3ClO/c1-4-20(33)30-7-8-31(13(2)11-30)24-17-10-18(26)21(16-6-5-15(27)9-19(16)28)23-22(17)32(25(34)29-24)14(3)12-35-23;1-11-9-26-5-6-28(11)21-15-8-16(23)18(14-4-3-13(24)7-17(14)25)20-19(15)29(22(30)27-21)12(2)10-31-20;1-2-3(4)5/h4-6,9-10,13-14H,1,7-8,11-12H2,2-3H3;3-4,7-8,11-12,26H,5-6,9-10H2,1-2H3;2H,1H2/t13-,14+;11-,12+;/m00./s1. The lowest BCUT2D eigenvalue weighted by Gasteiger charge is -2.41. The molecule has 12 nitrogen and oxygen atoms in total. The molecule has 2 fully saturated rings. The fourth-order valence-corrected chi connectivity index (χ4v) is 12.6. The Morgan fingerprint density at radius 1 is 0.690 bits per heavy atom. The van der Waals surface area contributed by atoms with Crippen molar-refractivity contribution >= 4 is 103 Å². The lowest BCUT2D eigenvalue weighted by Crippen LogP contribution is -2.54. The number of amides is 1. The molecule has 6 aromatic rings. The molecule has 0 aliphatic carbocycles. The van der Waals surface area contributed by atoms with Crippen LogP contribution in [0.2, 0.25) is 10.0 Å². The van der Waals surface area contributed by atoms with Crippen molar-refractivity contribution in [3.8, 4) is 22.3 Å². The zero-order valence-electron chi connectivity index (χ0n) is 38.9. The number of halogens is 7. The molecule has 6 heterocycles. The lowest BCUT2D eigenvalue weighted by molar-refractivity contribution is -0.126. The molecule has 4 aromatic carbocycles. The Morgan fingerprint density at radius 3 is 1.56 bits per heavy atom. The van der Waals surface area contributed by atoms with Gasteiger partial charge in [-0.25, -0.2) is 27.2 Å². The summed E-state index contributed by atoms with van der Waals surface area (Å²) >= 11 is 21.2. The van der Waals surface area contributed by atoms with Gasteiger partial charge in [0.2, 0.25) is 11.1 Å². The molecule has 0 unspecified atom stereocenters. The molecule has 4 aliphatic rings. The molecular formula is C50H47Cl3F4N8O4S2. The van der Waals surface area contributed by atoms with Gasteiger partial charge in [-0.05, 0) is 87.8 Å². The predicted molar refractivity (Wildman–Crippen MR) is 278 cm³/mol. The van der Waals surface area contributed by atoms with Crippen molar-refractivity contribution in [2.45, 2.75) is 61.7 Å². The van der Waals surface area contributed by atoms with E-state index in [1.54, 1.807) is 26.2 Å². The van der Waals surface area contributed by atoms with E-state index < -0.39 is 34.2 Å². The van der Waals surface area contributed by atoms with Crippen LogP contribution in [0.4, 0.5) is 29.2 Å². The second-order valence-electron chi connectivity index (χ2n) is 17.4. The monoisotopic (exact) mass is 1070 g/mol. The second-order valence-corrected chi connectivity index (χ2v) is 20.7. The van der Waals surface area contributed by atoms with Crippen molar-refractivity contribution in [1.29, 1.82) is 0 Å². The molecule has 4 atom stereocenters. The van der Waals surface area contributed by atoms with Gasteiger partial charge in [0.25, 0.3) is 0 Å². The number of hydrogen-bond acceptors (Lipinski definition) is 11. The first-order valence-electron chi connectivity index (χ1n) is 22.6. The van der Waals surface area contributed by atoms with Crippen LogP contribution in [-0.4, -0.2) is 98.0 Å². The molecule has 1 amide bonds. The molecule has 10 rings (SSSR count). The van der Waals surface area contributed by atoms with Crippen molar-refractivity contribution in [1.82, 2.24) is 29.3 Å². The molecule has 4 aliphatic heterocycles. The van der Waals surface area contributed by atoms with Crippen LogP contribution in [0.5, 0.6) is 0 Å². The Bertz CT molecular complexity index is 3290. The maximum absolute atomic E-state index is 14.8. The zero-order chi connectivity index (χ0) is 51.2. The smallest absolute Gasteiger partial charge is 0.350 e. The predicted octanol–water partition coefficient (Wildman–Crippen LogP) is 10.3. The number of benzene rings is 4. The average molecular weight is 1070 g/mol. The fraction of sp³-hybridized carbons (Fsp3) is 0.320. The highest BCUT2D eigenvalue weighted by atomic mass is 35.5. The number of nitrogens with zero attached hydrogens (tertiary/aromatic N) is 7. The van der Waals surface area contributed by atoms with Gasteiger partial charge in [-0.1, -0.05) is 36.4 Å². The Morgan fingerprint density at radius 2 is 1.15 bits per heavy atom. The van der Waals surface area contributed by atoms with Crippen LogP contribution in [0.3, 0.4) is 0 Å². The Labute approximate surface area is 429 Å². The maximum Gasteiger partial charge on any atom is 0.350 e. The Balaban J connectivity index is 0.000000175. The van der Waals surface area contributed by atoms with E-state index in [1.807, 2.05) is 25.7 Å². The molecule has 0 bridgehead atoms. The maximum atomic E-state index is 14.8. The number of aromatic nitrogens is 4. The zero-order valence-corrected chi connectivity index (χ0v) is 42.8. The van der Waals surface area contributed by atoms with Gasteiger partial charge in [0, 0.05) is 130 Å². The summed E-state index contributed by atoms with van der Waals surface area (Å²) < 4.78 is 60.0. The van der Waals surface area contributed by atoms with Crippen molar-refractivity contribution in [3.63, 3.8) is 0 Å². The van der Waals surface area contributed by atoms with Gasteiger partial charge in [-0.15, -0.1) is 23.5 Å². The SMILES string of the molecule is C=CC(=O)Cl.C=CC(=O)N1CCN(c2nc(=O)n3c4c(c(-c5ccc(F)cc5F)c(Cl)cc24)SC[C@H]3C)[C@@H](C)C1.C[C@@H]1CSc2c(-c3ccc(F)cc3F)c(Cl)cc3c(N4CCNC[C@@H]4C)nc(=O)n1c23. The number of nitrogens with one attached hydrogen (secondary N) is 1. The molecule has 1 N–H and O–H groups in total. The number of anilines is 2. The van der Waals surface area contributed by atoms with E-state index in [-0.39, 0.29) is 46.9 Å². The van der Waals surface area contributed by atoms with E-state index in [9.17, 15) is 36.7 Å². The minimum absolute atomic E-state index is 0.0680. The number of piperazine rings is 2. The Hall–Kier alpha value is -5.37. The lowest BCUT2D eigenvalue weighted by atomic mass is 10.0. The summed E-state index contributed by atoms with van der Waals surface area (Å²) in [5.74, 6) is -0.564. The van der Waals surface area contributed by atoms with Crippen LogP contribution in [0.15, 0.2) is 93.2 Å². The minimum atomic E-state index is -0.721. The van der Waals surface area contributed by atoms with Gasteiger partial charge in [0.15, 0.2) is 0 Å². The third kappa shape index (κ3) is 10.1. The van der Waals surface area contributed by atoms with Crippen molar-refractivity contribution in [2.75, 3.05) is 60.6 Å². The topological polar surface area (TPSA) is 126 Å². The summed E-state index contributed by atoms with van der Waals surface area (Å²) in [6, 6.07) is 10.2. The molecule has 372 valence electrons. The largest absolute Gasteiger partial charge is 0.351 e. The minimum Gasteiger partial charge on any atom is -0.351 e. The first-order valence-corrected chi connectivity index (χ1v) is 25.7. The number of hydrogen-bond donors (Lipinski definition) is 1. The Kier molecular flexibility index (Phi) is 15.6. The van der Waals surface area contributed by atoms with E-state index in [2.05, 4.69) is 40.3 Å². The molecule has 0 spiro atoms. The van der Waals surface area contributed by atoms with Crippen LogP contribution >= 0.6 is 58.3 Å². The second kappa shape index (κ2) is 21.4. The highest BCUT2D eigenvalue weighted by Crippen LogP contribution is 2.50. The molecule has 21 heteroatoms. The normalized spacial score (nSPS) is 19.4. The third-order valence-electron chi connectivity index (χ3n) is 12.7. The van der Waals surface area contributed by atoms with E-state index >= 15 is 0 Å². The summed E-state index contributed by atoms with van der Waals surface area (Å²) in [6.45, 7) is 18.3. The van der Waals surface area contributed by atoms with Gasteiger partial charge < -0.3 is 20.0 Å². The van der Waals surface area contributed by atoms with Gasteiger partial charge in [-0.2, -0.15) is 9.97 Å². The van der Waals surface area contributed by atoms with Crippen molar-refractivity contribution < 1.29 is 27.2 Å². The molecular weight excluding hydrogens is 1020 g/mol. The molecule has 0 saturated carbocycles. The number of carbonyl (C=O) groups excluding carboxylic acids is 2. The fourth-order valence-electron chi connectivity index (χ4n) is 9.39. The molecule has 71 heavy (non-hydrogen) atoms. The van der Waals surface area contributed by atoms with Crippen LogP contribution in [0, 0.1) is 23.3 Å². The number of thioether (sulfide) groups is 2. The third-order valence-corrected chi connectivity index (χ3v) is 16.2. The highest BCUT2D eigenvalue weighted by Gasteiger charge is 2.34. The first kappa shape index (κ1) is 52.0. The number of allylic oxidation sites excluding steroid dienone is 1. The summed E-state index contributed by atoms with van der Waals surface area (Å²) in [5, 5.41) is 4.95. The molecule has 0 radical (unpaired) electrons. The van der Waals surface area contributed by atoms with Crippen LogP contribution < -0.4 is 26.5 Å². The first-order chi connectivity index (χ1) is 33.8. The van der Waals surface area contributed by atoms with Gasteiger partial charge >= 0.3 is 11.4 Å². The molecule has 2 aromatic heterocycles. The van der Waals surface area contributed by atoms with Crippen LogP contribution in [-0.2, 0) is 9.59 Å². The van der Waals surface area contributed by atoms with E-state index in [4.69, 9.17) is 34.8 Å². The van der Waals surface area contributed by atoms with E-state index in [0.717, 1.165) is 48.1 Å². The van der Waals surface area contributed by atoms with E-state index in [1.165, 1.54) is 53.9 Å². The number of rotatable bonds is 6. The average Bonchev–Trinajstić information content (AvgIpc) is 3.33. The van der Waals surface area contributed by atoms with Crippen molar-refractivity contribution in [3.05, 3.63) is 128 Å².